The molecule has 0 bridgehead atoms. The number of hydrogen-bond acceptors (Lipinski definition) is 8. The van der Waals surface area contributed by atoms with E-state index >= 15 is 0 Å². The van der Waals surface area contributed by atoms with Gasteiger partial charge in [0.2, 0.25) is 21.1 Å². The van der Waals surface area contributed by atoms with Crippen LogP contribution in [-0.2, 0) is 26.7 Å². The van der Waals surface area contributed by atoms with Crippen molar-refractivity contribution in [1.29, 1.82) is 0 Å². The number of tetrazole rings is 1. The Hall–Kier alpha value is -0.990. The van der Waals surface area contributed by atoms with E-state index in [9.17, 15) is 23.1 Å². The first kappa shape index (κ1) is 20.7. The SMILES string of the molecule is Cn1nnnc1SCC1=C(C(=O)O)N2C(=O)[C@@H]3[C@H]2[C@H](C1)CN3S(C)(=O)=O.[H-].[Na+]. The molecule has 4 rings (SSSR count). The third-order valence-electron chi connectivity index (χ3n) is 4.99. The number of carboxylic acid groups (broad SMARTS) is 1. The van der Waals surface area contributed by atoms with E-state index in [1.807, 2.05) is 0 Å². The van der Waals surface area contributed by atoms with Gasteiger partial charge in [0.15, 0.2) is 0 Å². The van der Waals surface area contributed by atoms with Gasteiger partial charge < -0.3 is 6.53 Å². The standard InChI is InChI=1S/C13H16N6O5S2.Na.H/c1-17-13(14-15-16-17)25-5-7-3-6-4-18(26(2,23)24)10-8(6)19(11(10)20)9(7)12(21)22;;/h6,8,10H,3-5H2,1-2H3,(H,21,22);;/q;+1;-1/t6-,8-,10+;;/m1../s1. The van der Waals surface area contributed by atoms with E-state index in [4.69, 9.17) is 0 Å². The summed E-state index contributed by atoms with van der Waals surface area (Å²) in [6.07, 6.45) is 1.50. The zero-order valence-corrected chi connectivity index (χ0v) is 18.6. The molecule has 0 aromatic carbocycles. The number of carboxylic acids is 1. The van der Waals surface area contributed by atoms with Crippen LogP contribution in [0.15, 0.2) is 16.4 Å². The second kappa shape index (κ2) is 7.12. The predicted molar refractivity (Wildman–Crippen MR) is 89.4 cm³/mol. The molecule has 1 amide bonds. The summed E-state index contributed by atoms with van der Waals surface area (Å²) in [4.78, 5) is 25.6. The van der Waals surface area contributed by atoms with Crippen molar-refractivity contribution in [2.24, 2.45) is 13.0 Å². The Balaban J connectivity index is 0.00000140. The number of carbonyl (C=O) groups is 2. The molecule has 27 heavy (non-hydrogen) atoms. The Bertz CT molecular complexity index is 953. The monoisotopic (exact) mass is 424 g/mol. The number of nitrogens with zero attached hydrogens (tertiary/aromatic N) is 6. The maximum Gasteiger partial charge on any atom is 1.00 e. The van der Waals surface area contributed by atoms with Crippen molar-refractivity contribution in [3.8, 4) is 0 Å². The Morgan fingerprint density at radius 2 is 2.15 bits per heavy atom. The van der Waals surface area contributed by atoms with Gasteiger partial charge in [-0.25, -0.2) is 17.9 Å². The number of hydrogen-bond donors (Lipinski definition) is 1. The molecular formula is C13H17N6NaO5S2. The Labute approximate surface area is 183 Å². The molecule has 0 unspecified atom stereocenters. The van der Waals surface area contributed by atoms with E-state index in [0.717, 1.165) is 6.26 Å². The first-order chi connectivity index (χ1) is 12.2. The molecule has 0 radical (unpaired) electrons. The van der Waals surface area contributed by atoms with E-state index in [0.29, 0.717) is 22.9 Å². The molecule has 4 heterocycles. The number of aromatic nitrogens is 4. The summed E-state index contributed by atoms with van der Waals surface area (Å²) in [5, 5.41) is 21.3. The van der Waals surface area contributed by atoms with Crippen LogP contribution in [0.4, 0.5) is 0 Å². The van der Waals surface area contributed by atoms with Crippen molar-refractivity contribution in [1.82, 2.24) is 29.4 Å². The van der Waals surface area contributed by atoms with Crippen LogP contribution in [0.5, 0.6) is 0 Å². The fourth-order valence-electron chi connectivity index (χ4n) is 3.96. The molecule has 3 atom stereocenters. The number of aryl methyl sites for hydroxylation is 1. The van der Waals surface area contributed by atoms with Crippen LogP contribution in [0.3, 0.4) is 0 Å². The molecular weight excluding hydrogens is 407 g/mol. The van der Waals surface area contributed by atoms with Gasteiger partial charge >= 0.3 is 35.5 Å². The second-order valence-electron chi connectivity index (χ2n) is 6.57. The van der Waals surface area contributed by atoms with Gasteiger partial charge in [0.25, 0.3) is 0 Å². The topological polar surface area (TPSA) is 139 Å². The Morgan fingerprint density at radius 1 is 1.44 bits per heavy atom. The summed E-state index contributed by atoms with van der Waals surface area (Å²) in [7, 11) is -1.85. The molecule has 3 aliphatic heterocycles. The summed E-state index contributed by atoms with van der Waals surface area (Å²) in [5.74, 6) is -1.45. The molecule has 3 aliphatic rings. The fraction of sp³-hybridized carbons (Fsp3) is 0.615. The van der Waals surface area contributed by atoms with Crippen LogP contribution in [0.25, 0.3) is 0 Å². The molecule has 14 heteroatoms. The minimum Gasteiger partial charge on any atom is -1.00 e. The molecule has 0 saturated carbocycles. The quantitative estimate of drug-likeness (QED) is 0.282. The summed E-state index contributed by atoms with van der Waals surface area (Å²) in [6.45, 7) is 0.225. The average molecular weight is 424 g/mol. The zero-order chi connectivity index (χ0) is 18.8. The van der Waals surface area contributed by atoms with E-state index in [1.54, 1.807) is 7.05 Å². The number of thioether (sulfide) groups is 1. The van der Waals surface area contributed by atoms with E-state index in [-0.39, 0.29) is 49.1 Å². The van der Waals surface area contributed by atoms with Crippen molar-refractivity contribution in [2.45, 2.75) is 23.7 Å². The van der Waals surface area contributed by atoms with Crippen LogP contribution >= 0.6 is 11.8 Å². The Kier molecular flexibility index (Phi) is 5.47. The normalized spacial score (nSPS) is 27.3. The van der Waals surface area contributed by atoms with Crippen molar-refractivity contribution >= 4 is 33.7 Å². The molecule has 11 nitrogen and oxygen atoms in total. The van der Waals surface area contributed by atoms with Gasteiger partial charge in [-0.3, -0.25) is 9.69 Å². The van der Waals surface area contributed by atoms with Crippen molar-refractivity contribution in [3.63, 3.8) is 0 Å². The number of carbonyl (C=O) groups excluding carboxylic acids is 1. The third kappa shape index (κ3) is 3.23. The molecule has 1 aromatic heterocycles. The van der Waals surface area contributed by atoms with Crippen LogP contribution in [0.1, 0.15) is 7.85 Å². The Morgan fingerprint density at radius 3 is 2.70 bits per heavy atom. The van der Waals surface area contributed by atoms with Crippen LogP contribution in [-0.4, -0.2) is 85.5 Å². The number of β-lactam (4-membered cyclic amide) rings is 1. The van der Waals surface area contributed by atoms with Crippen molar-refractivity contribution < 1.29 is 54.1 Å². The molecule has 1 N–H and O–H groups in total. The van der Waals surface area contributed by atoms with Crippen LogP contribution in [0.2, 0.25) is 0 Å². The predicted octanol–water partition coefficient (Wildman–Crippen LogP) is -4.37. The first-order valence-electron chi connectivity index (χ1n) is 7.80. The molecule has 0 spiro atoms. The van der Waals surface area contributed by atoms with Gasteiger partial charge in [-0.2, -0.15) is 4.31 Å². The van der Waals surface area contributed by atoms with Gasteiger partial charge in [0.05, 0.1) is 12.3 Å². The van der Waals surface area contributed by atoms with Gasteiger partial charge in [-0.05, 0) is 28.3 Å². The van der Waals surface area contributed by atoms with Crippen LogP contribution < -0.4 is 29.6 Å². The number of rotatable bonds is 5. The van der Waals surface area contributed by atoms with Gasteiger partial charge in [0.1, 0.15) is 11.7 Å². The maximum atomic E-state index is 12.5. The number of sulfonamides is 1. The molecule has 0 aliphatic carbocycles. The third-order valence-corrected chi connectivity index (χ3v) is 7.31. The fourth-order valence-corrected chi connectivity index (χ4v) is 5.92. The van der Waals surface area contributed by atoms with Crippen molar-refractivity contribution in [3.05, 3.63) is 11.3 Å². The second-order valence-corrected chi connectivity index (χ2v) is 9.45. The smallest absolute Gasteiger partial charge is 1.00 e. The first-order valence-corrected chi connectivity index (χ1v) is 10.6. The average Bonchev–Trinajstić information content (AvgIpc) is 3.12. The summed E-state index contributed by atoms with van der Waals surface area (Å²) >= 11 is 1.28. The van der Waals surface area contributed by atoms with E-state index in [1.165, 1.54) is 25.6 Å². The van der Waals surface area contributed by atoms with Gasteiger partial charge in [-0.15, -0.1) is 5.10 Å². The molecule has 2 saturated heterocycles. The van der Waals surface area contributed by atoms with Crippen molar-refractivity contribution in [2.75, 3.05) is 18.6 Å². The number of amides is 1. The molecule has 142 valence electrons. The zero-order valence-electron chi connectivity index (χ0n) is 15.9. The molecule has 2 fully saturated rings. The van der Waals surface area contributed by atoms with Crippen LogP contribution in [0, 0.1) is 5.92 Å². The number of aliphatic carboxylic acids is 1. The minimum atomic E-state index is -3.53. The summed E-state index contributed by atoms with van der Waals surface area (Å²) in [6, 6.07) is -1.17. The largest absolute Gasteiger partial charge is 1.00 e. The van der Waals surface area contributed by atoms with Gasteiger partial charge in [-0.1, -0.05) is 11.8 Å². The summed E-state index contributed by atoms with van der Waals surface area (Å²) < 4.78 is 26.6. The minimum absolute atomic E-state index is 0. The summed E-state index contributed by atoms with van der Waals surface area (Å²) in [5.41, 5.74) is 0.555. The van der Waals surface area contributed by atoms with E-state index in [2.05, 4.69) is 15.5 Å². The molecule has 1 aromatic rings. The maximum absolute atomic E-state index is 12.5. The van der Waals surface area contributed by atoms with Gasteiger partial charge in [0, 0.05) is 19.3 Å². The van der Waals surface area contributed by atoms with E-state index < -0.39 is 34.0 Å².